The maximum atomic E-state index is 12.7. The number of nitrogens with zero attached hydrogens (tertiary/aromatic N) is 4. The molecule has 0 spiro atoms. The first kappa shape index (κ1) is 17.9. The van der Waals surface area contributed by atoms with E-state index in [4.69, 9.17) is 0 Å². The summed E-state index contributed by atoms with van der Waals surface area (Å²) in [5, 5.41) is 3.50. The lowest BCUT2D eigenvalue weighted by molar-refractivity contribution is 0.102. The van der Waals surface area contributed by atoms with Gasteiger partial charge < -0.3 is 10.2 Å². The van der Waals surface area contributed by atoms with Gasteiger partial charge in [-0.15, -0.1) is 0 Å². The highest BCUT2D eigenvalue weighted by Crippen LogP contribution is 2.29. The number of nitrogens with one attached hydrogen (secondary N) is 1. The minimum absolute atomic E-state index is 0.239. The fraction of sp³-hybridized carbons (Fsp3) is 0.158. The van der Waals surface area contributed by atoms with E-state index in [9.17, 15) is 4.79 Å². The van der Waals surface area contributed by atoms with Crippen molar-refractivity contribution in [1.82, 2.24) is 15.0 Å². The standard InChI is InChI=1S/C19H19N5OS/c1-13-9-10-16(18(22-13)26-15-7-5-4-6-8-15)17(25)23-14-11-20-19(21-12-14)24(2)3/h4-12H,1-3H3,(H,23,25). The number of aryl methyl sites for hydroxylation is 1. The van der Waals surface area contributed by atoms with Crippen LogP contribution in [-0.4, -0.2) is 35.0 Å². The van der Waals surface area contributed by atoms with Gasteiger partial charge >= 0.3 is 0 Å². The number of carbonyl (C=O) groups is 1. The van der Waals surface area contributed by atoms with Gasteiger partial charge in [0, 0.05) is 24.7 Å². The molecule has 2 aromatic heterocycles. The quantitative estimate of drug-likeness (QED) is 0.744. The van der Waals surface area contributed by atoms with Gasteiger partial charge in [-0.2, -0.15) is 0 Å². The second-order valence-corrected chi connectivity index (χ2v) is 6.90. The first-order valence-electron chi connectivity index (χ1n) is 8.04. The highest BCUT2D eigenvalue weighted by molar-refractivity contribution is 7.99. The van der Waals surface area contributed by atoms with Crippen molar-refractivity contribution in [2.24, 2.45) is 0 Å². The molecule has 0 aliphatic heterocycles. The van der Waals surface area contributed by atoms with Crippen LogP contribution in [-0.2, 0) is 0 Å². The summed E-state index contributed by atoms with van der Waals surface area (Å²) in [6, 6.07) is 13.5. The fourth-order valence-corrected chi connectivity index (χ4v) is 3.18. The predicted molar refractivity (Wildman–Crippen MR) is 104 cm³/mol. The molecular weight excluding hydrogens is 346 g/mol. The van der Waals surface area contributed by atoms with Crippen LogP contribution in [0.5, 0.6) is 0 Å². The Morgan fingerprint density at radius 2 is 1.73 bits per heavy atom. The number of pyridine rings is 1. The number of rotatable bonds is 5. The minimum atomic E-state index is -0.239. The molecule has 2 heterocycles. The monoisotopic (exact) mass is 365 g/mol. The SMILES string of the molecule is Cc1ccc(C(=O)Nc2cnc(N(C)C)nc2)c(Sc2ccccc2)n1. The molecule has 3 rings (SSSR count). The zero-order chi connectivity index (χ0) is 18.5. The van der Waals surface area contributed by atoms with Crippen molar-refractivity contribution < 1.29 is 4.79 Å². The molecule has 1 amide bonds. The lowest BCUT2D eigenvalue weighted by Crippen LogP contribution is -2.16. The van der Waals surface area contributed by atoms with Gasteiger partial charge in [0.2, 0.25) is 5.95 Å². The van der Waals surface area contributed by atoms with E-state index in [-0.39, 0.29) is 5.91 Å². The summed E-state index contributed by atoms with van der Waals surface area (Å²) < 4.78 is 0. The number of benzene rings is 1. The van der Waals surface area contributed by atoms with Gasteiger partial charge in [0.25, 0.3) is 5.91 Å². The van der Waals surface area contributed by atoms with Gasteiger partial charge in [-0.05, 0) is 31.2 Å². The summed E-state index contributed by atoms with van der Waals surface area (Å²) in [7, 11) is 3.72. The molecule has 0 aliphatic carbocycles. The van der Waals surface area contributed by atoms with Crippen LogP contribution in [0.15, 0.2) is 64.8 Å². The van der Waals surface area contributed by atoms with Gasteiger partial charge in [0.1, 0.15) is 5.03 Å². The van der Waals surface area contributed by atoms with Gasteiger partial charge in [0.05, 0.1) is 23.6 Å². The summed E-state index contributed by atoms with van der Waals surface area (Å²) in [5.74, 6) is 0.345. The number of amides is 1. The topological polar surface area (TPSA) is 71.0 Å². The van der Waals surface area contributed by atoms with E-state index < -0.39 is 0 Å². The minimum Gasteiger partial charge on any atom is -0.347 e. The van der Waals surface area contributed by atoms with Crippen LogP contribution in [0.25, 0.3) is 0 Å². The van der Waals surface area contributed by atoms with E-state index >= 15 is 0 Å². The van der Waals surface area contributed by atoms with Crippen LogP contribution in [0.1, 0.15) is 16.1 Å². The zero-order valence-corrected chi connectivity index (χ0v) is 15.6. The van der Waals surface area contributed by atoms with E-state index in [1.807, 2.05) is 57.4 Å². The highest BCUT2D eigenvalue weighted by Gasteiger charge is 2.15. The molecule has 0 saturated heterocycles. The molecule has 132 valence electrons. The maximum Gasteiger partial charge on any atom is 0.258 e. The lowest BCUT2D eigenvalue weighted by atomic mass is 10.2. The van der Waals surface area contributed by atoms with Crippen LogP contribution in [0.2, 0.25) is 0 Å². The van der Waals surface area contributed by atoms with Crippen molar-refractivity contribution in [3.63, 3.8) is 0 Å². The Morgan fingerprint density at radius 1 is 1.04 bits per heavy atom. The van der Waals surface area contributed by atoms with E-state index in [1.165, 1.54) is 11.8 Å². The Hall–Kier alpha value is -2.93. The van der Waals surface area contributed by atoms with E-state index in [0.717, 1.165) is 10.6 Å². The third-order valence-electron chi connectivity index (χ3n) is 3.50. The summed E-state index contributed by atoms with van der Waals surface area (Å²) in [5.41, 5.74) is 1.91. The van der Waals surface area contributed by atoms with Gasteiger partial charge in [-0.25, -0.2) is 15.0 Å². The molecule has 0 fully saturated rings. The Kier molecular flexibility index (Phi) is 5.48. The summed E-state index contributed by atoms with van der Waals surface area (Å²) in [4.78, 5) is 28.5. The largest absolute Gasteiger partial charge is 0.347 e. The molecule has 0 bridgehead atoms. The first-order valence-corrected chi connectivity index (χ1v) is 8.86. The second-order valence-electron chi connectivity index (χ2n) is 5.84. The zero-order valence-electron chi connectivity index (χ0n) is 14.8. The number of hydrogen-bond donors (Lipinski definition) is 1. The molecule has 0 aliphatic rings. The third kappa shape index (κ3) is 4.37. The van der Waals surface area contributed by atoms with Gasteiger partial charge in [0.15, 0.2) is 0 Å². The molecular formula is C19H19N5OS. The molecule has 3 aromatic rings. The molecule has 0 atom stereocenters. The van der Waals surface area contributed by atoms with E-state index in [0.29, 0.717) is 22.2 Å². The molecule has 1 aromatic carbocycles. The summed E-state index contributed by atoms with van der Waals surface area (Å²) in [6.07, 6.45) is 3.18. The first-order chi connectivity index (χ1) is 12.5. The Bertz CT molecular complexity index is 898. The summed E-state index contributed by atoms with van der Waals surface area (Å²) in [6.45, 7) is 1.91. The van der Waals surface area contributed by atoms with Crippen molar-refractivity contribution >= 4 is 29.3 Å². The second kappa shape index (κ2) is 7.97. The average molecular weight is 365 g/mol. The Balaban J connectivity index is 1.82. The number of hydrogen-bond acceptors (Lipinski definition) is 6. The van der Waals surface area contributed by atoms with E-state index in [1.54, 1.807) is 23.4 Å². The van der Waals surface area contributed by atoms with Crippen LogP contribution < -0.4 is 10.2 Å². The average Bonchev–Trinajstić information content (AvgIpc) is 2.63. The summed E-state index contributed by atoms with van der Waals surface area (Å²) >= 11 is 1.46. The van der Waals surface area contributed by atoms with Crippen molar-refractivity contribution in [2.75, 3.05) is 24.3 Å². The van der Waals surface area contributed by atoms with Crippen molar-refractivity contribution in [3.05, 3.63) is 66.1 Å². The van der Waals surface area contributed by atoms with E-state index in [2.05, 4.69) is 20.3 Å². The Labute approximate surface area is 156 Å². The van der Waals surface area contributed by atoms with Crippen LogP contribution in [0, 0.1) is 6.92 Å². The van der Waals surface area contributed by atoms with Crippen LogP contribution >= 0.6 is 11.8 Å². The smallest absolute Gasteiger partial charge is 0.258 e. The van der Waals surface area contributed by atoms with Crippen molar-refractivity contribution in [3.8, 4) is 0 Å². The number of carbonyl (C=O) groups excluding carboxylic acids is 1. The third-order valence-corrected chi connectivity index (χ3v) is 4.51. The van der Waals surface area contributed by atoms with Gasteiger partial charge in [-0.1, -0.05) is 30.0 Å². The lowest BCUT2D eigenvalue weighted by Gasteiger charge is -2.12. The molecule has 0 saturated carbocycles. The number of anilines is 2. The predicted octanol–water partition coefficient (Wildman–Crippen LogP) is 3.65. The Morgan fingerprint density at radius 3 is 2.38 bits per heavy atom. The van der Waals surface area contributed by atoms with Crippen LogP contribution in [0.3, 0.4) is 0 Å². The molecule has 7 heteroatoms. The molecule has 0 unspecified atom stereocenters. The normalized spacial score (nSPS) is 10.4. The number of aromatic nitrogens is 3. The molecule has 26 heavy (non-hydrogen) atoms. The molecule has 1 N–H and O–H groups in total. The van der Waals surface area contributed by atoms with Gasteiger partial charge in [-0.3, -0.25) is 4.79 Å². The van der Waals surface area contributed by atoms with Crippen LogP contribution in [0.4, 0.5) is 11.6 Å². The molecule has 0 radical (unpaired) electrons. The van der Waals surface area contributed by atoms with Crippen molar-refractivity contribution in [1.29, 1.82) is 0 Å². The fourth-order valence-electron chi connectivity index (χ4n) is 2.20. The van der Waals surface area contributed by atoms with Crippen molar-refractivity contribution in [2.45, 2.75) is 16.8 Å². The maximum absolute atomic E-state index is 12.7. The highest BCUT2D eigenvalue weighted by atomic mass is 32.2. The molecule has 6 nitrogen and oxygen atoms in total.